The first-order chi connectivity index (χ1) is 17.2. The summed E-state index contributed by atoms with van der Waals surface area (Å²) >= 11 is 12.5. The molecule has 1 amide bonds. The second kappa shape index (κ2) is 9.13. The number of carbonyl (C=O) groups is 1. The first kappa shape index (κ1) is 24.1. The summed E-state index contributed by atoms with van der Waals surface area (Å²) in [6, 6.07) is 20.0. The highest BCUT2D eigenvalue weighted by Crippen LogP contribution is 2.40. The fourth-order valence-corrected chi connectivity index (χ4v) is 4.89. The highest BCUT2D eigenvalue weighted by molar-refractivity contribution is 6.31. The predicted molar refractivity (Wildman–Crippen MR) is 144 cm³/mol. The predicted octanol–water partition coefficient (Wildman–Crippen LogP) is 6.16. The molecule has 0 aliphatic carbocycles. The number of fused-ring (bicyclic) bond motifs is 1. The Balaban J connectivity index is 1.81. The van der Waals surface area contributed by atoms with Crippen LogP contribution in [0.5, 0.6) is 0 Å². The van der Waals surface area contributed by atoms with E-state index in [2.05, 4.69) is 4.98 Å². The van der Waals surface area contributed by atoms with Crippen molar-refractivity contribution in [3.05, 3.63) is 112 Å². The maximum absolute atomic E-state index is 13.0. The Morgan fingerprint density at radius 2 is 1.69 bits per heavy atom. The normalized spacial score (nSPS) is 13.1. The van der Waals surface area contributed by atoms with Gasteiger partial charge in [-0.2, -0.15) is 0 Å². The number of rotatable bonds is 4. The summed E-state index contributed by atoms with van der Waals surface area (Å²) < 4.78 is 3.40. The van der Waals surface area contributed by atoms with Gasteiger partial charge in [0.05, 0.1) is 23.7 Å². The van der Waals surface area contributed by atoms with Crippen LogP contribution in [-0.4, -0.2) is 44.3 Å². The zero-order valence-electron chi connectivity index (χ0n) is 20.0. The summed E-state index contributed by atoms with van der Waals surface area (Å²) in [6.45, 7) is 0. The molecule has 5 aromatic rings. The monoisotopic (exact) mass is 518 g/mol. The van der Waals surface area contributed by atoms with E-state index >= 15 is 0 Å². The topological polar surface area (TPSA) is 63.3 Å². The van der Waals surface area contributed by atoms with Crippen LogP contribution in [0.15, 0.2) is 85.5 Å². The van der Waals surface area contributed by atoms with E-state index in [4.69, 9.17) is 23.2 Å². The Hall–Kier alpha value is -3.58. The van der Waals surface area contributed by atoms with Crippen molar-refractivity contribution in [1.29, 1.82) is 0 Å². The third-order valence-corrected chi connectivity index (χ3v) is 6.88. The van der Waals surface area contributed by atoms with E-state index in [1.54, 1.807) is 60.0 Å². The van der Waals surface area contributed by atoms with E-state index in [0.29, 0.717) is 26.9 Å². The van der Waals surface area contributed by atoms with Gasteiger partial charge in [-0.15, -0.1) is 0 Å². The summed E-state index contributed by atoms with van der Waals surface area (Å²) in [7, 11) is 5.26. The summed E-state index contributed by atoms with van der Waals surface area (Å²) in [6.07, 6.45) is 5.11. The lowest BCUT2D eigenvalue weighted by Crippen LogP contribution is -2.31. The Labute approximate surface area is 218 Å². The minimum absolute atomic E-state index is 0.180. The maximum atomic E-state index is 13.0. The fraction of sp³-hybridized carbons (Fsp3) is 0.143. The summed E-state index contributed by atoms with van der Waals surface area (Å²) in [5.74, 6) is 0. The van der Waals surface area contributed by atoms with Gasteiger partial charge in [-0.05, 0) is 53.1 Å². The minimum Gasteiger partial charge on any atom is -0.374 e. The number of aromatic nitrogens is 3. The van der Waals surface area contributed by atoms with Crippen LogP contribution in [0.3, 0.4) is 0 Å². The standard InChI is InChI=1S/C28H24Cl2N4O2/c1-32(2)27(35)34-16-24(18-5-4-6-22(30)13-18)23-14-20(9-12-25(23)34)28(36,26-15-31-17-33(26)3)19-7-10-21(29)11-8-19/h4-17,36H,1-3H3. The Morgan fingerprint density at radius 3 is 2.33 bits per heavy atom. The molecule has 0 fully saturated rings. The zero-order valence-corrected chi connectivity index (χ0v) is 21.5. The zero-order chi connectivity index (χ0) is 25.6. The molecule has 1 N–H and O–H groups in total. The Kier molecular flexibility index (Phi) is 6.12. The van der Waals surface area contributed by atoms with Crippen LogP contribution in [-0.2, 0) is 12.6 Å². The van der Waals surface area contributed by atoms with Crippen LogP contribution >= 0.6 is 23.2 Å². The molecular weight excluding hydrogens is 495 g/mol. The molecular formula is C28H24Cl2N4O2. The molecule has 0 aliphatic heterocycles. The molecule has 0 saturated carbocycles. The first-order valence-corrected chi connectivity index (χ1v) is 12.0. The van der Waals surface area contributed by atoms with Crippen LogP contribution in [0.2, 0.25) is 10.0 Å². The van der Waals surface area contributed by atoms with Gasteiger partial charge in [0.15, 0.2) is 5.60 Å². The number of imidazole rings is 1. The SMILES string of the molecule is CN(C)C(=O)n1cc(-c2cccc(Cl)c2)c2cc(C(O)(c3ccc(Cl)cc3)c3cncn3C)ccc21. The molecule has 3 aromatic carbocycles. The molecule has 1 atom stereocenters. The Morgan fingerprint density at radius 1 is 0.972 bits per heavy atom. The number of aryl methyl sites for hydroxylation is 1. The molecule has 0 aliphatic rings. The van der Waals surface area contributed by atoms with Crippen LogP contribution in [0.4, 0.5) is 4.79 Å². The van der Waals surface area contributed by atoms with E-state index in [1.165, 1.54) is 4.90 Å². The number of halogens is 2. The van der Waals surface area contributed by atoms with Crippen molar-refractivity contribution >= 4 is 40.1 Å². The summed E-state index contributed by atoms with van der Waals surface area (Å²) in [5.41, 5.74) is 2.75. The smallest absolute Gasteiger partial charge is 0.328 e. The van der Waals surface area contributed by atoms with Crippen molar-refractivity contribution < 1.29 is 9.90 Å². The molecule has 1 unspecified atom stereocenters. The molecule has 0 spiro atoms. The lowest BCUT2D eigenvalue weighted by molar-refractivity contribution is 0.117. The third kappa shape index (κ3) is 3.97. The first-order valence-electron chi connectivity index (χ1n) is 11.3. The number of nitrogens with zero attached hydrogens (tertiary/aromatic N) is 4. The number of amides is 1. The van der Waals surface area contributed by atoms with Crippen molar-refractivity contribution in [1.82, 2.24) is 19.0 Å². The lowest BCUT2D eigenvalue weighted by atomic mass is 9.83. The average molecular weight is 519 g/mol. The summed E-state index contributed by atoms with van der Waals surface area (Å²) in [4.78, 5) is 18.8. The second-order valence-electron chi connectivity index (χ2n) is 8.94. The van der Waals surface area contributed by atoms with Gasteiger partial charge in [0.2, 0.25) is 0 Å². The van der Waals surface area contributed by atoms with Crippen molar-refractivity contribution in [2.24, 2.45) is 7.05 Å². The molecule has 2 heterocycles. The fourth-order valence-electron chi connectivity index (χ4n) is 4.57. The molecule has 2 aromatic heterocycles. The summed E-state index contributed by atoms with van der Waals surface area (Å²) in [5, 5.41) is 14.3. The molecule has 182 valence electrons. The van der Waals surface area contributed by atoms with Gasteiger partial charge in [0, 0.05) is 48.3 Å². The molecule has 0 bridgehead atoms. The van der Waals surface area contributed by atoms with Gasteiger partial charge in [0.1, 0.15) is 0 Å². The number of aliphatic hydroxyl groups is 1. The van der Waals surface area contributed by atoms with Crippen LogP contribution in [0.1, 0.15) is 16.8 Å². The van der Waals surface area contributed by atoms with Gasteiger partial charge >= 0.3 is 6.03 Å². The van der Waals surface area contributed by atoms with Crippen molar-refractivity contribution in [3.8, 4) is 11.1 Å². The van der Waals surface area contributed by atoms with Crippen molar-refractivity contribution in [2.75, 3.05) is 14.1 Å². The van der Waals surface area contributed by atoms with E-state index in [1.807, 2.05) is 55.7 Å². The maximum Gasteiger partial charge on any atom is 0.328 e. The highest BCUT2D eigenvalue weighted by atomic mass is 35.5. The van der Waals surface area contributed by atoms with Crippen LogP contribution in [0.25, 0.3) is 22.0 Å². The highest BCUT2D eigenvalue weighted by Gasteiger charge is 2.37. The van der Waals surface area contributed by atoms with E-state index in [0.717, 1.165) is 22.0 Å². The van der Waals surface area contributed by atoms with E-state index in [-0.39, 0.29) is 6.03 Å². The van der Waals surface area contributed by atoms with Gasteiger partial charge in [0.25, 0.3) is 0 Å². The van der Waals surface area contributed by atoms with Crippen LogP contribution in [0, 0.1) is 0 Å². The molecule has 0 radical (unpaired) electrons. The van der Waals surface area contributed by atoms with Gasteiger partial charge < -0.3 is 14.6 Å². The Bertz CT molecular complexity index is 1590. The lowest BCUT2D eigenvalue weighted by Gasteiger charge is -2.30. The second-order valence-corrected chi connectivity index (χ2v) is 9.81. The van der Waals surface area contributed by atoms with E-state index in [9.17, 15) is 9.90 Å². The number of hydrogen-bond donors (Lipinski definition) is 1. The molecule has 8 heteroatoms. The third-order valence-electron chi connectivity index (χ3n) is 6.40. The quantitative estimate of drug-likeness (QED) is 0.309. The van der Waals surface area contributed by atoms with Crippen molar-refractivity contribution in [3.63, 3.8) is 0 Å². The molecule has 36 heavy (non-hydrogen) atoms. The van der Waals surface area contributed by atoms with Crippen LogP contribution < -0.4 is 0 Å². The van der Waals surface area contributed by atoms with Crippen molar-refractivity contribution in [2.45, 2.75) is 5.60 Å². The average Bonchev–Trinajstić information content (AvgIpc) is 3.47. The molecule has 5 rings (SSSR count). The number of benzene rings is 3. The van der Waals surface area contributed by atoms with Gasteiger partial charge in [-0.3, -0.25) is 4.57 Å². The minimum atomic E-state index is -1.52. The molecule has 0 saturated heterocycles. The number of hydrogen-bond acceptors (Lipinski definition) is 3. The number of carbonyl (C=O) groups excluding carboxylic acids is 1. The largest absolute Gasteiger partial charge is 0.374 e. The van der Waals surface area contributed by atoms with E-state index < -0.39 is 5.60 Å². The van der Waals surface area contributed by atoms with Gasteiger partial charge in [-0.25, -0.2) is 9.78 Å². The van der Waals surface area contributed by atoms with Gasteiger partial charge in [-0.1, -0.05) is 53.5 Å². The molecule has 6 nitrogen and oxygen atoms in total.